The van der Waals surface area contributed by atoms with Gasteiger partial charge in [0.15, 0.2) is 0 Å². The van der Waals surface area contributed by atoms with Gasteiger partial charge in [0.1, 0.15) is 17.7 Å². The van der Waals surface area contributed by atoms with Gasteiger partial charge >= 0.3 is 11.9 Å². The topological polar surface area (TPSA) is 76.4 Å². The number of ether oxygens (including phenoxy) is 2. The first-order valence-corrected chi connectivity index (χ1v) is 11.9. The number of hydrogen-bond acceptors (Lipinski definition) is 5. The van der Waals surface area contributed by atoms with Crippen molar-refractivity contribution in [3.05, 3.63) is 22.8 Å². The summed E-state index contributed by atoms with van der Waals surface area (Å²) in [7, 11) is 0. The second-order valence-corrected chi connectivity index (χ2v) is 10.3. The molecular weight excluding hydrogens is 390 g/mol. The number of fused-ring (bicyclic) bond motifs is 5. The lowest BCUT2D eigenvalue weighted by atomic mass is 9.47. The first-order valence-electron chi connectivity index (χ1n) is 11.9. The monoisotopic (exact) mass is 425 g/mol. The summed E-state index contributed by atoms with van der Waals surface area (Å²) in [6, 6.07) is 2.18. The molecule has 168 valence electrons. The summed E-state index contributed by atoms with van der Waals surface area (Å²) in [6.45, 7) is 8.17. The van der Waals surface area contributed by atoms with E-state index >= 15 is 0 Å². The van der Waals surface area contributed by atoms with E-state index in [4.69, 9.17) is 9.47 Å². The van der Waals surface area contributed by atoms with Gasteiger partial charge < -0.3 is 9.47 Å². The number of nitriles is 1. The van der Waals surface area contributed by atoms with Gasteiger partial charge in [0.05, 0.1) is 6.61 Å². The molecule has 0 bridgehead atoms. The van der Waals surface area contributed by atoms with Crippen LogP contribution >= 0.6 is 0 Å². The number of allylic oxidation sites excluding steroid dienone is 2. The molecule has 0 aromatic heterocycles. The highest BCUT2D eigenvalue weighted by Gasteiger charge is 2.60. The van der Waals surface area contributed by atoms with E-state index in [1.807, 2.05) is 0 Å². The van der Waals surface area contributed by atoms with Gasteiger partial charge in [-0.05, 0) is 87.0 Å². The van der Waals surface area contributed by atoms with Gasteiger partial charge in [0, 0.05) is 12.3 Å². The first-order chi connectivity index (χ1) is 14.8. The van der Waals surface area contributed by atoms with Crippen molar-refractivity contribution in [2.24, 2.45) is 28.6 Å². The van der Waals surface area contributed by atoms with E-state index in [2.05, 4.69) is 26.0 Å². The van der Waals surface area contributed by atoms with Crippen molar-refractivity contribution >= 4 is 11.9 Å². The summed E-state index contributed by atoms with van der Waals surface area (Å²) in [5.74, 6) is 0.748. The van der Waals surface area contributed by atoms with E-state index in [0.717, 1.165) is 56.9 Å². The molecule has 3 fully saturated rings. The highest BCUT2D eigenvalue weighted by molar-refractivity contribution is 5.94. The van der Waals surface area contributed by atoms with Crippen LogP contribution in [0, 0.1) is 39.9 Å². The third kappa shape index (κ3) is 3.34. The normalized spacial score (nSPS) is 40.4. The van der Waals surface area contributed by atoms with Crippen LogP contribution < -0.4 is 0 Å². The van der Waals surface area contributed by atoms with Gasteiger partial charge in [-0.2, -0.15) is 5.26 Å². The highest BCUT2D eigenvalue weighted by atomic mass is 16.5. The quantitative estimate of drug-likeness (QED) is 0.267. The maximum Gasteiger partial charge on any atom is 0.348 e. The van der Waals surface area contributed by atoms with Crippen LogP contribution in [0.3, 0.4) is 0 Å². The summed E-state index contributed by atoms with van der Waals surface area (Å²) >= 11 is 0. The molecular formula is C26H35NO4. The summed E-state index contributed by atoms with van der Waals surface area (Å²) in [6.07, 6.45) is 10.4. The summed E-state index contributed by atoms with van der Waals surface area (Å²) in [5.41, 5.74) is 2.50. The average Bonchev–Trinajstić information content (AvgIpc) is 3.06. The molecule has 5 heteroatoms. The Bertz CT molecular complexity index is 880. The number of rotatable bonds is 3. The van der Waals surface area contributed by atoms with Crippen molar-refractivity contribution in [3.63, 3.8) is 0 Å². The Morgan fingerprint density at radius 1 is 1.19 bits per heavy atom. The lowest BCUT2D eigenvalue weighted by Gasteiger charge is -2.58. The predicted molar refractivity (Wildman–Crippen MR) is 117 cm³/mol. The average molecular weight is 426 g/mol. The Kier molecular flexibility index (Phi) is 5.79. The van der Waals surface area contributed by atoms with Crippen molar-refractivity contribution in [3.8, 4) is 6.07 Å². The SMILES string of the molecule is CCOC(=O)C(C#N)=C1CCC2C3CC=C4CCCC(OC(C)=O)C4(C)C3CCC12C. The third-order valence-electron chi connectivity index (χ3n) is 9.10. The zero-order valence-electron chi connectivity index (χ0n) is 19.3. The Morgan fingerprint density at radius 3 is 2.65 bits per heavy atom. The highest BCUT2D eigenvalue weighted by Crippen LogP contribution is 2.66. The minimum Gasteiger partial charge on any atom is -0.462 e. The van der Waals surface area contributed by atoms with E-state index in [9.17, 15) is 14.9 Å². The second-order valence-electron chi connectivity index (χ2n) is 10.3. The van der Waals surface area contributed by atoms with Gasteiger partial charge in [0.2, 0.25) is 0 Å². The third-order valence-corrected chi connectivity index (χ3v) is 9.10. The number of nitrogens with zero attached hydrogens (tertiary/aromatic N) is 1. The molecule has 0 amide bonds. The van der Waals surface area contributed by atoms with Crippen molar-refractivity contribution in [2.45, 2.75) is 85.2 Å². The molecule has 0 N–H and O–H groups in total. The van der Waals surface area contributed by atoms with Crippen LogP contribution in [-0.2, 0) is 19.1 Å². The maximum atomic E-state index is 12.5. The van der Waals surface area contributed by atoms with Crippen molar-refractivity contribution < 1.29 is 19.1 Å². The molecule has 4 aliphatic rings. The van der Waals surface area contributed by atoms with Crippen molar-refractivity contribution in [2.75, 3.05) is 6.61 Å². The van der Waals surface area contributed by atoms with E-state index in [0.29, 0.717) is 17.8 Å². The van der Waals surface area contributed by atoms with Gasteiger partial charge in [-0.1, -0.05) is 25.5 Å². The lowest BCUT2D eigenvalue weighted by Crippen LogP contribution is -2.54. The summed E-state index contributed by atoms with van der Waals surface area (Å²) in [4.78, 5) is 24.4. The standard InChI is InChI=1S/C26H35NO4/c1-5-30-24(29)19(15-27)21-12-11-20-18-10-9-17-7-6-8-23(31-16(2)28)26(17,4)22(18)13-14-25(20,21)3/h9,18,20,22-23H,5-8,10-14H2,1-4H3. The molecule has 0 spiro atoms. The fourth-order valence-electron chi connectivity index (χ4n) is 7.74. The number of esters is 2. The Balaban J connectivity index is 1.70. The second kappa shape index (κ2) is 8.11. The molecule has 4 aliphatic carbocycles. The number of carbonyl (C=O) groups excluding carboxylic acids is 2. The Hall–Kier alpha value is -2.09. The van der Waals surface area contributed by atoms with Crippen LogP contribution in [0.15, 0.2) is 22.8 Å². The number of hydrogen-bond donors (Lipinski definition) is 0. The molecule has 0 aromatic carbocycles. The van der Waals surface area contributed by atoms with Crippen LogP contribution in [-0.4, -0.2) is 24.6 Å². The van der Waals surface area contributed by atoms with Crippen molar-refractivity contribution in [1.82, 2.24) is 0 Å². The largest absolute Gasteiger partial charge is 0.462 e. The van der Waals surface area contributed by atoms with Gasteiger partial charge in [-0.25, -0.2) is 4.79 Å². The Morgan fingerprint density at radius 2 is 1.97 bits per heavy atom. The minimum absolute atomic E-state index is 0.0484. The van der Waals surface area contributed by atoms with Crippen LogP contribution in [0.5, 0.6) is 0 Å². The Labute approximate surface area is 185 Å². The van der Waals surface area contributed by atoms with Gasteiger partial charge in [-0.3, -0.25) is 4.79 Å². The predicted octanol–water partition coefficient (Wildman–Crippen LogP) is 5.26. The molecule has 5 nitrogen and oxygen atoms in total. The molecule has 3 saturated carbocycles. The van der Waals surface area contributed by atoms with Crippen molar-refractivity contribution in [1.29, 1.82) is 5.26 Å². The number of carbonyl (C=O) groups is 2. The van der Waals surface area contributed by atoms with Crippen LogP contribution in [0.25, 0.3) is 0 Å². The zero-order chi connectivity index (χ0) is 22.4. The molecule has 6 unspecified atom stereocenters. The minimum atomic E-state index is -0.469. The molecule has 0 saturated heterocycles. The smallest absolute Gasteiger partial charge is 0.348 e. The maximum absolute atomic E-state index is 12.5. The fourth-order valence-corrected chi connectivity index (χ4v) is 7.74. The lowest BCUT2D eigenvalue weighted by molar-refractivity contribution is -0.161. The molecule has 0 heterocycles. The van der Waals surface area contributed by atoms with E-state index in [1.54, 1.807) is 6.92 Å². The summed E-state index contributed by atoms with van der Waals surface area (Å²) < 4.78 is 11.1. The van der Waals surface area contributed by atoms with E-state index < -0.39 is 5.97 Å². The van der Waals surface area contributed by atoms with E-state index in [-0.39, 0.29) is 35.1 Å². The van der Waals surface area contributed by atoms with E-state index in [1.165, 1.54) is 12.5 Å². The zero-order valence-corrected chi connectivity index (χ0v) is 19.3. The molecule has 31 heavy (non-hydrogen) atoms. The van der Waals surface area contributed by atoms with Crippen LogP contribution in [0.1, 0.15) is 79.1 Å². The fraction of sp³-hybridized carbons (Fsp3) is 0.731. The molecule has 0 radical (unpaired) electrons. The molecule has 0 aliphatic heterocycles. The molecule has 0 aromatic rings. The van der Waals surface area contributed by atoms with Gasteiger partial charge in [-0.15, -0.1) is 0 Å². The van der Waals surface area contributed by atoms with Crippen LogP contribution in [0.2, 0.25) is 0 Å². The van der Waals surface area contributed by atoms with Gasteiger partial charge in [0.25, 0.3) is 0 Å². The molecule has 6 atom stereocenters. The van der Waals surface area contributed by atoms with Crippen LogP contribution in [0.4, 0.5) is 0 Å². The first kappa shape index (κ1) is 22.1. The molecule has 4 rings (SSSR count). The summed E-state index contributed by atoms with van der Waals surface area (Å²) in [5, 5.41) is 9.77.